The van der Waals surface area contributed by atoms with E-state index in [1.807, 2.05) is 0 Å². The maximum atomic E-state index is 14.3. The van der Waals surface area contributed by atoms with Gasteiger partial charge in [-0.1, -0.05) is 17.8 Å². The van der Waals surface area contributed by atoms with Crippen LogP contribution >= 0.6 is 0 Å². The fourth-order valence-corrected chi connectivity index (χ4v) is 2.65. The van der Waals surface area contributed by atoms with Gasteiger partial charge in [-0.15, -0.1) is 6.20 Å². The Labute approximate surface area is 230 Å². The number of benzene rings is 1. The van der Waals surface area contributed by atoms with Crippen molar-refractivity contribution in [2.75, 3.05) is 5.32 Å². The summed E-state index contributed by atoms with van der Waals surface area (Å²) in [5.74, 6) is -1.31. The Balaban J connectivity index is 0.00000385. The van der Waals surface area contributed by atoms with Crippen LogP contribution in [0.5, 0.6) is 5.88 Å². The van der Waals surface area contributed by atoms with Gasteiger partial charge in [0, 0.05) is 36.6 Å². The van der Waals surface area contributed by atoms with Crippen LogP contribution in [0.2, 0.25) is 0 Å². The Morgan fingerprint density at radius 2 is 2.09 bits per heavy atom. The normalized spacial score (nSPS) is 12.5. The van der Waals surface area contributed by atoms with Crippen LogP contribution < -0.4 is 72.1 Å². The number of pyridine rings is 1. The first-order chi connectivity index (χ1) is 15.3. The van der Waals surface area contributed by atoms with Crippen LogP contribution in [0.25, 0.3) is 0 Å². The molecule has 0 aliphatic carbocycles. The number of carbonyl (C=O) groups is 1. The number of carbonyl (C=O) groups excluding carboxylic acids is 1. The van der Waals surface area contributed by atoms with Gasteiger partial charge in [-0.25, -0.2) is 9.37 Å². The first kappa shape index (κ1) is 26.9. The van der Waals surface area contributed by atoms with Crippen molar-refractivity contribution in [2.24, 2.45) is 12.0 Å². The predicted octanol–water partition coefficient (Wildman–Crippen LogP) is 0.0567. The molecule has 168 valence electrons. The zero-order valence-electron chi connectivity index (χ0n) is 18.1. The van der Waals surface area contributed by atoms with Gasteiger partial charge in [0.25, 0.3) is 5.91 Å². The molecular weight excluding hydrogens is 464 g/mol. The van der Waals surface area contributed by atoms with Crippen LogP contribution in [0.4, 0.5) is 18.9 Å². The molecule has 0 radical (unpaired) electrons. The number of aromatic nitrogens is 3. The van der Waals surface area contributed by atoms with Crippen molar-refractivity contribution in [3.05, 3.63) is 83.6 Å². The first-order valence-corrected chi connectivity index (χ1v) is 9.35. The minimum atomic E-state index is -3.01. The summed E-state index contributed by atoms with van der Waals surface area (Å²) in [6.07, 6.45) is 8.59. The van der Waals surface area contributed by atoms with Gasteiger partial charge in [0.2, 0.25) is 5.88 Å². The van der Waals surface area contributed by atoms with Crippen molar-refractivity contribution in [3.8, 4) is 5.88 Å². The molecule has 0 aliphatic heterocycles. The van der Waals surface area contributed by atoms with Crippen LogP contribution in [-0.2, 0) is 7.05 Å². The molecule has 33 heavy (non-hydrogen) atoms. The fourth-order valence-electron chi connectivity index (χ4n) is 2.65. The Morgan fingerprint density at radius 1 is 1.30 bits per heavy atom. The SMILES string of the molecule is CC(N[C-]=CN=c1cnn(C)[cH-]1)c1cc(NC(=O)c2ccc(OC(F)F)nc2)ccc1F.[K+]. The minimum absolute atomic E-state index is 0. The number of anilines is 1. The number of ether oxygens (including phenoxy) is 1. The summed E-state index contributed by atoms with van der Waals surface area (Å²) in [5, 5.41) is 10.1. The molecule has 0 bridgehead atoms. The van der Waals surface area contributed by atoms with E-state index >= 15 is 0 Å². The van der Waals surface area contributed by atoms with E-state index in [1.54, 1.807) is 31.0 Å². The maximum Gasteiger partial charge on any atom is 1.00 e. The Morgan fingerprint density at radius 3 is 2.73 bits per heavy atom. The standard InChI is InChI=1S/C21H19F3N6O2.K/c1-13(25-7-8-26-16-11-28-30(2)12-16)17-9-15(4-5-18(17)22)29-20(31)14-3-6-19(27-10-14)32-21(23)24;/h3-6,8-13,21,25H,1-2H3,(H,29,31);/q-2;+1. The topological polar surface area (TPSA) is 93.4 Å². The quantitative estimate of drug-likeness (QED) is 0.269. The second-order valence-electron chi connectivity index (χ2n) is 6.59. The zero-order valence-corrected chi connectivity index (χ0v) is 21.2. The Hall–Kier alpha value is -2.38. The van der Waals surface area contributed by atoms with E-state index in [4.69, 9.17) is 0 Å². The molecule has 0 saturated heterocycles. The van der Waals surface area contributed by atoms with E-state index < -0.39 is 24.4 Å². The van der Waals surface area contributed by atoms with Gasteiger partial charge in [-0.2, -0.15) is 8.78 Å². The molecule has 2 N–H and O–H groups in total. The van der Waals surface area contributed by atoms with Gasteiger partial charge in [0.15, 0.2) is 0 Å². The molecule has 8 nitrogen and oxygen atoms in total. The molecule has 0 spiro atoms. The number of alkyl halides is 2. The van der Waals surface area contributed by atoms with E-state index in [2.05, 4.69) is 36.6 Å². The summed E-state index contributed by atoms with van der Waals surface area (Å²) in [6, 6.07) is 6.08. The molecule has 1 atom stereocenters. The number of aryl methyl sites for hydroxylation is 1. The predicted molar refractivity (Wildman–Crippen MR) is 109 cm³/mol. The second kappa shape index (κ2) is 12.7. The van der Waals surface area contributed by atoms with Crippen molar-refractivity contribution >= 4 is 11.6 Å². The summed E-state index contributed by atoms with van der Waals surface area (Å²) >= 11 is 0. The van der Waals surface area contributed by atoms with Crippen molar-refractivity contribution in [3.63, 3.8) is 0 Å². The molecule has 3 rings (SSSR count). The molecule has 1 aromatic carbocycles. The number of amides is 1. The van der Waals surface area contributed by atoms with Crippen LogP contribution in [-0.4, -0.2) is 27.3 Å². The largest absolute Gasteiger partial charge is 1.00 e. The van der Waals surface area contributed by atoms with Crippen LogP contribution in [0.1, 0.15) is 28.9 Å². The number of halogens is 3. The minimum Gasteiger partial charge on any atom is -0.560 e. The number of hydrogen-bond donors (Lipinski definition) is 2. The van der Waals surface area contributed by atoms with Gasteiger partial charge in [-0.05, 0) is 31.2 Å². The van der Waals surface area contributed by atoms with Crippen LogP contribution in [0, 0.1) is 12.0 Å². The average Bonchev–Trinajstić information content (AvgIpc) is 3.17. The van der Waals surface area contributed by atoms with Crippen molar-refractivity contribution in [1.82, 2.24) is 20.1 Å². The average molecular weight is 484 g/mol. The maximum absolute atomic E-state index is 14.3. The molecule has 1 unspecified atom stereocenters. The monoisotopic (exact) mass is 483 g/mol. The summed E-state index contributed by atoms with van der Waals surface area (Å²) in [6.45, 7) is -1.29. The zero-order chi connectivity index (χ0) is 23.1. The van der Waals surface area contributed by atoms with E-state index in [0.717, 1.165) is 12.3 Å². The fraction of sp³-hybridized carbons (Fsp3) is 0.190. The third-order valence-electron chi connectivity index (χ3n) is 4.20. The van der Waals surface area contributed by atoms with Crippen LogP contribution in [0.15, 0.2) is 60.1 Å². The third-order valence-corrected chi connectivity index (χ3v) is 4.20. The molecular formula is C21H19F3KN6O2-. The van der Waals surface area contributed by atoms with E-state index in [9.17, 15) is 18.0 Å². The summed E-state index contributed by atoms with van der Waals surface area (Å²) in [7, 11) is 1.77. The summed E-state index contributed by atoms with van der Waals surface area (Å²) in [5.41, 5.74) is 0.762. The molecule has 0 saturated carbocycles. The molecule has 2 aromatic heterocycles. The summed E-state index contributed by atoms with van der Waals surface area (Å²) < 4.78 is 44.4. The number of nitrogens with one attached hydrogen (secondary N) is 2. The second-order valence-corrected chi connectivity index (χ2v) is 6.59. The van der Waals surface area contributed by atoms with E-state index in [0.29, 0.717) is 16.6 Å². The molecule has 0 fully saturated rings. The van der Waals surface area contributed by atoms with Crippen molar-refractivity contribution in [1.29, 1.82) is 0 Å². The van der Waals surface area contributed by atoms with E-state index in [-0.39, 0.29) is 62.8 Å². The Kier molecular flexibility index (Phi) is 10.4. The van der Waals surface area contributed by atoms with Gasteiger partial charge < -0.3 is 31.2 Å². The van der Waals surface area contributed by atoms with Crippen molar-refractivity contribution < 1.29 is 74.1 Å². The smallest absolute Gasteiger partial charge is 0.560 e. The van der Waals surface area contributed by atoms with Gasteiger partial charge in [-0.3, -0.25) is 9.89 Å². The molecule has 12 heteroatoms. The third kappa shape index (κ3) is 8.16. The molecule has 2 heterocycles. The number of nitrogens with zero attached hydrogens (tertiary/aromatic N) is 4. The van der Waals surface area contributed by atoms with E-state index in [1.165, 1.54) is 30.5 Å². The number of hydrogen-bond acceptors (Lipinski definition) is 6. The first-order valence-electron chi connectivity index (χ1n) is 9.35. The van der Waals surface area contributed by atoms with Gasteiger partial charge >= 0.3 is 58.0 Å². The molecule has 0 aliphatic rings. The van der Waals surface area contributed by atoms with Gasteiger partial charge in [0.1, 0.15) is 5.82 Å². The molecule has 1 amide bonds. The Bertz CT molecular complexity index is 1160. The molecule has 3 aromatic rings. The number of rotatable bonds is 8. The van der Waals surface area contributed by atoms with Crippen LogP contribution in [0.3, 0.4) is 0 Å². The van der Waals surface area contributed by atoms with Crippen molar-refractivity contribution in [2.45, 2.75) is 19.6 Å². The summed E-state index contributed by atoms with van der Waals surface area (Å²) in [4.78, 5) is 20.2. The van der Waals surface area contributed by atoms with Gasteiger partial charge in [0.05, 0.1) is 5.56 Å².